The number of alkyl halides is 2. The molecule has 1 N–H and O–H groups in total. The van der Waals surface area contributed by atoms with E-state index in [-0.39, 0.29) is 31.2 Å². The van der Waals surface area contributed by atoms with Crippen LogP contribution in [0.15, 0.2) is 18.2 Å². The molecule has 7 heteroatoms. The minimum atomic E-state index is -2.69. The summed E-state index contributed by atoms with van der Waals surface area (Å²) in [5.74, 6) is -1.98. The molecule has 3 rings (SSSR count). The summed E-state index contributed by atoms with van der Waals surface area (Å²) in [6.07, 6.45) is 0.604. The first-order valence-corrected chi connectivity index (χ1v) is 9.01. The number of carbonyl (C=O) groups excluding carboxylic acids is 1. The highest BCUT2D eigenvalue weighted by Gasteiger charge is 2.43. The summed E-state index contributed by atoms with van der Waals surface area (Å²) in [5, 5.41) is 2.96. The Hall–Kier alpha value is -1.89. The van der Waals surface area contributed by atoms with Crippen LogP contribution in [-0.2, 0) is 11.3 Å². The van der Waals surface area contributed by atoms with E-state index in [0.717, 1.165) is 36.6 Å². The highest BCUT2D eigenvalue weighted by molar-refractivity contribution is 5.79. The third-order valence-electron chi connectivity index (χ3n) is 5.21. The molecule has 0 aromatic heterocycles. The molecule has 0 radical (unpaired) electrons. The van der Waals surface area contributed by atoms with Crippen molar-refractivity contribution in [3.63, 3.8) is 0 Å². The van der Waals surface area contributed by atoms with E-state index in [4.69, 9.17) is 9.47 Å². The maximum Gasteiger partial charge on any atom is 0.248 e. The molecule has 1 amide bonds. The summed E-state index contributed by atoms with van der Waals surface area (Å²) in [6, 6.07) is 5.78. The highest BCUT2D eigenvalue weighted by atomic mass is 19.3. The number of benzene rings is 1. The number of methoxy groups -OCH3 is 2. The Morgan fingerprint density at radius 3 is 2.50 bits per heavy atom. The van der Waals surface area contributed by atoms with Crippen LogP contribution in [0.1, 0.15) is 31.2 Å². The second-order valence-electron chi connectivity index (χ2n) is 7.25. The number of nitrogens with one attached hydrogen (secondary N) is 1. The fraction of sp³-hybridized carbons (Fsp3) is 0.632. The van der Waals surface area contributed by atoms with Gasteiger partial charge in [0.25, 0.3) is 0 Å². The number of carbonyl (C=O) groups is 1. The van der Waals surface area contributed by atoms with E-state index < -0.39 is 11.8 Å². The monoisotopic (exact) mass is 368 g/mol. The molecule has 2 atom stereocenters. The lowest BCUT2D eigenvalue weighted by atomic mass is 10.1. The number of nitrogens with zero attached hydrogens (tertiary/aromatic N) is 1. The second-order valence-corrected chi connectivity index (χ2v) is 7.25. The Balaban J connectivity index is 1.52. The van der Waals surface area contributed by atoms with Crippen molar-refractivity contribution in [1.29, 1.82) is 0 Å². The maximum absolute atomic E-state index is 13.3. The summed E-state index contributed by atoms with van der Waals surface area (Å²) in [5.41, 5.74) is 1.07. The van der Waals surface area contributed by atoms with Crippen LogP contribution in [0.2, 0.25) is 0 Å². The largest absolute Gasteiger partial charge is 0.497 e. The van der Waals surface area contributed by atoms with Crippen molar-refractivity contribution in [3.05, 3.63) is 23.8 Å². The molecule has 0 spiro atoms. The molecule has 1 saturated heterocycles. The summed E-state index contributed by atoms with van der Waals surface area (Å²) < 4.78 is 37.2. The third-order valence-corrected chi connectivity index (χ3v) is 5.21. The lowest BCUT2D eigenvalue weighted by Crippen LogP contribution is -2.40. The van der Waals surface area contributed by atoms with Crippen LogP contribution in [0.4, 0.5) is 8.78 Å². The number of hydrogen-bond acceptors (Lipinski definition) is 4. The molecule has 1 saturated carbocycles. The fourth-order valence-electron chi connectivity index (χ4n) is 3.80. The van der Waals surface area contributed by atoms with Crippen molar-refractivity contribution in [1.82, 2.24) is 10.2 Å². The minimum absolute atomic E-state index is 0.0178. The van der Waals surface area contributed by atoms with Crippen molar-refractivity contribution < 1.29 is 23.0 Å². The molecule has 2 unspecified atom stereocenters. The summed E-state index contributed by atoms with van der Waals surface area (Å²) in [7, 11) is 3.24. The Kier molecular flexibility index (Phi) is 5.65. The molecular weight excluding hydrogens is 342 g/mol. The Bertz CT molecular complexity index is 631. The van der Waals surface area contributed by atoms with Gasteiger partial charge in [0, 0.05) is 50.5 Å². The number of halogens is 2. The topological polar surface area (TPSA) is 50.8 Å². The van der Waals surface area contributed by atoms with E-state index in [1.165, 1.54) is 0 Å². The van der Waals surface area contributed by atoms with E-state index in [9.17, 15) is 13.6 Å². The number of likely N-dealkylation sites (tertiary alicyclic amines) is 1. The Morgan fingerprint density at radius 1 is 1.23 bits per heavy atom. The number of amides is 1. The SMILES string of the molecule is COc1cc(CN2CCC(NC(=O)C3CCC(F)(F)C3)C2)cc(OC)c1. The number of rotatable bonds is 6. The van der Waals surface area contributed by atoms with Crippen LogP contribution in [0.5, 0.6) is 11.5 Å². The predicted molar refractivity (Wildman–Crippen MR) is 93.7 cm³/mol. The quantitative estimate of drug-likeness (QED) is 0.839. The third kappa shape index (κ3) is 4.63. The average Bonchev–Trinajstić information content (AvgIpc) is 3.20. The zero-order chi connectivity index (χ0) is 18.7. The Morgan fingerprint density at radius 2 is 1.92 bits per heavy atom. The highest BCUT2D eigenvalue weighted by Crippen LogP contribution is 2.39. The molecule has 1 aliphatic carbocycles. The molecule has 1 aromatic carbocycles. The molecule has 26 heavy (non-hydrogen) atoms. The van der Waals surface area contributed by atoms with Crippen molar-refractivity contribution in [3.8, 4) is 11.5 Å². The van der Waals surface area contributed by atoms with Gasteiger partial charge in [-0.05, 0) is 30.5 Å². The van der Waals surface area contributed by atoms with Crippen molar-refractivity contribution in [2.24, 2.45) is 5.92 Å². The second kappa shape index (κ2) is 7.78. The number of hydrogen-bond donors (Lipinski definition) is 1. The van der Waals surface area contributed by atoms with Gasteiger partial charge in [0.15, 0.2) is 0 Å². The smallest absolute Gasteiger partial charge is 0.248 e. The molecule has 1 aliphatic heterocycles. The molecule has 1 heterocycles. The van der Waals surface area contributed by atoms with Crippen LogP contribution in [0.25, 0.3) is 0 Å². The van der Waals surface area contributed by atoms with Gasteiger partial charge in [-0.25, -0.2) is 8.78 Å². The van der Waals surface area contributed by atoms with Crippen LogP contribution in [0.3, 0.4) is 0 Å². The zero-order valence-corrected chi connectivity index (χ0v) is 15.3. The van der Waals surface area contributed by atoms with Gasteiger partial charge in [0.1, 0.15) is 11.5 Å². The van der Waals surface area contributed by atoms with Crippen LogP contribution in [0, 0.1) is 5.92 Å². The van der Waals surface area contributed by atoms with Gasteiger partial charge < -0.3 is 14.8 Å². The molecule has 5 nitrogen and oxygen atoms in total. The van der Waals surface area contributed by atoms with Gasteiger partial charge >= 0.3 is 0 Å². The molecule has 2 fully saturated rings. The van der Waals surface area contributed by atoms with Crippen LogP contribution < -0.4 is 14.8 Å². The van der Waals surface area contributed by atoms with E-state index in [1.54, 1.807) is 14.2 Å². The average molecular weight is 368 g/mol. The molecule has 2 aliphatic rings. The standard InChI is InChI=1S/C19H26F2N2O3/c1-25-16-7-13(8-17(9-16)26-2)11-23-6-4-15(12-23)22-18(24)14-3-5-19(20,21)10-14/h7-9,14-15H,3-6,10-12H2,1-2H3,(H,22,24). The van der Waals surface area contributed by atoms with E-state index in [2.05, 4.69) is 10.2 Å². The lowest BCUT2D eigenvalue weighted by Gasteiger charge is -2.19. The van der Waals surface area contributed by atoms with Crippen molar-refractivity contribution in [2.75, 3.05) is 27.3 Å². The lowest BCUT2D eigenvalue weighted by molar-refractivity contribution is -0.126. The van der Waals surface area contributed by atoms with E-state index in [1.807, 2.05) is 18.2 Å². The normalized spacial score (nSPS) is 25.2. The van der Waals surface area contributed by atoms with Gasteiger partial charge in [-0.2, -0.15) is 0 Å². The molecule has 0 bridgehead atoms. The molecule has 144 valence electrons. The first kappa shape index (κ1) is 18.9. The molecule has 1 aromatic rings. The van der Waals surface area contributed by atoms with Gasteiger partial charge in [-0.1, -0.05) is 0 Å². The first-order chi connectivity index (χ1) is 12.4. The minimum Gasteiger partial charge on any atom is -0.497 e. The van der Waals surface area contributed by atoms with Gasteiger partial charge in [-0.3, -0.25) is 9.69 Å². The zero-order valence-electron chi connectivity index (χ0n) is 15.3. The number of ether oxygens (including phenoxy) is 2. The summed E-state index contributed by atoms with van der Waals surface area (Å²) in [6.45, 7) is 2.29. The first-order valence-electron chi connectivity index (χ1n) is 9.01. The summed E-state index contributed by atoms with van der Waals surface area (Å²) in [4.78, 5) is 14.5. The van der Waals surface area contributed by atoms with Crippen molar-refractivity contribution in [2.45, 2.75) is 44.2 Å². The van der Waals surface area contributed by atoms with E-state index >= 15 is 0 Å². The molecular formula is C19H26F2N2O3. The van der Waals surface area contributed by atoms with Gasteiger partial charge in [-0.15, -0.1) is 0 Å². The van der Waals surface area contributed by atoms with Crippen LogP contribution in [-0.4, -0.2) is 50.1 Å². The van der Waals surface area contributed by atoms with Gasteiger partial charge in [0.05, 0.1) is 14.2 Å². The Labute approximate surface area is 152 Å². The maximum atomic E-state index is 13.3. The predicted octanol–water partition coefficient (Wildman–Crippen LogP) is 2.83. The van der Waals surface area contributed by atoms with Crippen molar-refractivity contribution >= 4 is 5.91 Å². The van der Waals surface area contributed by atoms with Crippen LogP contribution >= 0.6 is 0 Å². The van der Waals surface area contributed by atoms with E-state index in [0.29, 0.717) is 6.54 Å². The summed E-state index contributed by atoms with van der Waals surface area (Å²) >= 11 is 0. The van der Waals surface area contributed by atoms with Gasteiger partial charge in [0.2, 0.25) is 11.8 Å². The fourth-order valence-corrected chi connectivity index (χ4v) is 3.80.